The number of rotatable bonds is 6. The molecule has 0 radical (unpaired) electrons. The van der Waals surface area contributed by atoms with E-state index in [2.05, 4.69) is 4.98 Å². The number of carbonyl (C=O) groups excluding carboxylic acids is 1. The largest absolute Gasteiger partial charge is 0.493 e. The first-order valence-electron chi connectivity index (χ1n) is 7.54. The number of aromatic nitrogens is 1. The molecule has 0 aliphatic carbocycles. The van der Waals surface area contributed by atoms with Crippen LogP contribution >= 0.6 is 0 Å². The lowest BCUT2D eigenvalue weighted by molar-refractivity contribution is -0.141. The summed E-state index contributed by atoms with van der Waals surface area (Å²) < 4.78 is 49.2. The van der Waals surface area contributed by atoms with Gasteiger partial charge in [0.05, 0.1) is 13.2 Å². The molecule has 0 aliphatic rings. The number of ether oxygens (including phenoxy) is 2. The van der Waals surface area contributed by atoms with Crippen molar-refractivity contribution < 1.29 is 27.4 Å². The smallest absolute Gasteiger partial charge is 0.433 e. The number of esters is 1. The highest BCUT2D eigenvalue weighted by atomic mass is 19.4. The first-order chi connectivity index (χ1) is 11.8. The molecule has 2 N–H and O–H groups in total. The van der Waals surface area contributed by atoms with Crippen LogP contribution in [0.5, 0.6) is 5.75 Å². The second-order valence-corrected chi connectivity index (χ2v) is 5.06. The summed E-state index contributed by atoms with van der Waals surface area (Å²) in [7, 11) is 0. The van der Waals surface area contributed by atoms with Gasteiger partial charge in [0, 0.05) is 6.42 Å². The predicted octanol–water partition coefficient (Wildman–Crippen LogP) is 3.48. The Morgan fingerprint density at radius 2 is 1.92 bits per heavy atom. The molecule has 8 heteroatoms. The van der Waals surface area contributed by atoms with Crippen LogP contribution in [-0.2, 0) is 17.3 Å². The van der Waals surface area contributed by atoms with Crippen molar-refractivity contribution in [3.8, 4) is 5.75 Å². The zero-order chi connectivity index (χ0) is 18.4. The van der Waals surface area contributed by atoms with Crippen LogP contribution in [0.15, 0.2) is 36.4 Å². The number of para-hydroxylation sites is 1. The third-order valence-corrected chi connectivity index (χ3v) is 3.28. The third kappa shape index (κ3) is 4.85. The van der Waals surface area contributed by atoms with Crippen LogP contribution in [-0.4, -0.2) is 24.2 Å². The number of halogens is 3. The second-order valence-electron chi connectivity index (χ2n) is 5.06. The molecule has 0 atom stereocenters. The molecule has 0 saturated carbocycles. The minimum atomic E-state index is -4.67. The molecule has 2 rings (SSSR count). The SMILES string of the molecule is CCOC(=O)c1c(CCOc2ccccc2)cc(C(F)(F)F)nc1N. The molecular weight excluding hydrogens is 337 g/mol. The normalized spacial score (nSPS) is 11.2. The van der Waals surface area contributed by atoms with E-state index in [-0.39, 0.29) is 30.8 Å². The van der Waals surface area contributed by atoms with E-state index in [1.54, 1.807) is 31.2 Å². The zero-order valence-corrected chi connectivity index (χ0v) is 13.5. The topological polar surface area (TPSA) is 74.4 Å². The maximum atomic E-state index is 13.0. The molecule has 0 amide bonds. The van der Waals surface area contributed by atoms with Gasteiger partial charge in [-0.3, -0.25) is 0 Å². The Balaban J connectivity index is 2.28. The van der Waals surface area contributed by atoms with E-state index in [0.29, 0.717) is 5.75 Å². The Labute approximate surface area is 142 Å². The molecule has 1 heterocycles. The van der Waals surface area contributed by atoms with Crippen LogP contribution in [0.4, 0.5) is 19.0 Å². The Morgan fingerprint density at radius 1 is 1.24 bits per heavy atom. The second kappa shape index (κ2) is 7.87. The molecule has 0 saturated heterocycles. The standard InChI is InChI=1S/C17H17F3N2O3/c1-2-24-16(23)14-11(8-9-25-12-6-4-3-5-7-12)10-13(17(18,19)20)22-15(14)21/h3-7,10H,2,8-9H2,1H3,(H2,21,22). The predicted molar refractivity (Wildman–Crippen MR) is 85.2 cm³/mol. The summed E-state index contributed by atoms with van der Waals surface area (Å²) in [6.07, 6.45) is -4.63. The Kier molecular flexibility index (Phi) is 5.84. The molecule has 0 aliphatic heterocycles. The van der Waals surface area contributed by atoms with E-state index < -0.39 is 23.7 Å². The lowest BCUT2D eigenvalue weighted by atomic mass is 10.0. The number of hydrogen-bond acceptors (Lipinski definition) is 5. The number of alkyl halides is 3. The van der Waals surface area contributed by atoms with E-state index in [1.807, 2.05) is 6.07 Å². The van der Waals surface area contributed by atoms with E-state index >= 15 is 0 Å². The molecule has 0 spiro atoms. The van der Waals surface area contributed by atoms with Crippen molar-refractivity contribution in [1.29, 1.82) is 0 Å². The molecule has 1 aromatic heterocycles. The van der Waals surface area contributed by atoms with Crippen molar-refractivity contribution in [3.63, 3.8) is 0 Å². The molecule has 25 heavy (non-hydrogen) atoms. The summed E-state index contributed by atoms with van der Waals surface area (Å²) in [6, 6.07) is 9.58. The monoisotopic (exact) mass is 354 g/mol. The first-order valence-corrected chi connectivity index (χ1v) is 7.54. The number of pyridine rings is 1. The number of carbonyl (C=O) groups is 1. The number of nitrogens with two attached hydrogens (primary N) is 1. The quantitative estimate of drug-likeness (QED) is 0.804. The van der Waals surface area contributed by atoms with Crippen LogP contribution in [0, 0.1) is 0 Å². The fourth-order valence-corrected chi connectivity index (χ4v) is 2.20. The molecule has 1 aromatic carbocycles. The fraction of sp³-hybridized carbons (Fsp3) is 0.294. The molecule has 0 bridgehead atoms. The van der Waals surface area contributed by atoms with Crippen molar-refractivity contribution in [1.82, 2.24) is 4.98 Å². The van der Waals surface area contributed by atoms with Crippen molar-refractivity contribution >= 4 is 11.8 Å². The summed E-state index contributed by atoms with van der Waals surface area (Å²) in [5, 5.41) is 0. The van der Waals surface area contributed by atoms with Gasteiger partial charge in [-0.05, 0) is 30.7 Å². The average molecular weight is 354 g/mol. The van der Waals surface area contributed by atoms with Crippen molar-refractivity contribution in [3.05, 3.63) is 53.2 Å². The molecule has 0 unspecified atom stereocenters. The van der Waals surface area contributed by atoms with Crippen molar-refractivity contribution in [2.24, 2.45) is 0 Å². The lowest BCUT2D eigenvalue weighted by Crippen LogP contribution is -2.18. The van der Waals surface area contributed by atoms with Gasteiger partial charge in [-0.2, -0.15) is 13.2 Å². The Hall–Kier alpha value is -2.77. The first kappa shape index (κ1) is 18.6. The highest BCUT2D eigenvalue weighted by Gasteiger charge is 2.34. The van der Waals surface area contributed by atoms with Gasteiger partial charge >= 0.3 is 12.1 Å². The van der Waals surface area contributed by atoms with Gasteiger partial charge in [0.25, 0.3) is 0 Å². The number of benzene rings is 1. The fourth-order valence-electron chi connectivity index (χ4n) is 2.20. The summed E-state index contributed by atoms with van der Waals surface area (Å²) in [4.78, 5) is 15.3. The Morgan fingerprint density at radius 3 is 2.52 bits per heavy atom. The maximum absolute atomic E-state index is 13.0. The maximum Gasteiger partial charge on any atom is 0.433 e. The molecule has 0 fully saturated rings. The van der Waals surface area contributed by atoms with Crippen LogP contribution < -0.4 is 10.5 Å². The molecule has 134 valence electrons. The van der Waals surface area contributed by atoms with E-state index in [4.69, 9.17) is 15.2 Å². The summed E-state index contributed by atoms with van der Waals surface area (Å²) in [5.41, 5.74) is 4.34. The van der Waals surface area contributed by atoms with Gasteiger partial charge in [0.1, 0.15) is 22.8 Å². The number of hydrogen-bond donors (Lipinski definition) is 1. The average Bonchev–Trinajstić information content (AvgIpc) is 2.54. The van der Waals surface area contributed by atoms with Gasteiger partial charge in [-0.15, -0.1) is 0 Å². The van der Waals surface area contributed by atoms with Crippen LogP contribution in [0.2, 0.25) is 0 Å². The minimum Gasteiger partial charge on any atom is -0.493 e. The van der Waals surface area contributed by atoms with Crippen LogP contribution in [0.1, 0.15) is 28.5 Å². The molecule has 2 aromatic rings. The van der Waals surface area contributed by atoms with Crippen LogP contribution in [0.3, 0.4) is 0 Å². The van der Waals surface area contributed by atoms with Gasteiger partial charge in [0.2, 0.25) is 0 Å². The highest BCUT2D eigenvalue weighted by Crippen LogP contribution is 2.31. The van der Waals surface area contributed by atoms with Crippen molar-refractivity contribution in [2.75, 3.05) is 18.9 Å². The van der Waals surface area contributed by atoms with Crippen LogP contribution in [0.25, 0.3) is 0 Å². The summed E-state index contributed by atoms with van der Waals surface area (Å²) >= 11 is 0. The number of nitrogen functional groups attached to an aromatic ring is 1. The number of nitrogens with zero attached hydrogens (tertiary/aromatic N) is 1. The van der Waals surface area contributed by atoms with E-state index in [0.717, 1.165) is 6.07 Å². The van der Waals surface area contributed by atoms with Gasteiger partial charge in [-0.25, -0.2) is 9.78 Å². The third-order valence-electron chi connectivity index (χ3n) is 3.28. The van der Waals surface area contributed by atoms with Gasteiger partial charge in [-0.1, -0.05) is 18.2 Å². The minimum absolute atomic E-state index is 0.0405. The highest BCUT2D eigenvalue weighted by molar-refractivity contribution is 5.95. The van der Waals surface area contributed by atoms with Crippen molar-refractivity contribution in [2.45, 2.75) is 19.5 Å². The van der Waals surface area contributed by atoms with Gasteiger partial charge in [0.15, 0.2) is 0 Å². The zero-order valence-electron chi connectivity index (χ0n) is 13.5. The van der Waals surface area contributed by atoms with Gasteiger partial charge < -0.3 is 15.2 Å². The lowest BCUT2D eigenvalue weighted by Gasteiger charge is -2.15. The molecule has 5 nitrogen and oxygen atoms in total. The Bertz CT molecular complexity index is 734. The van der Waals surface area contributed by atoms with E-state index in [1.165, 1.54) is 0 Å². The molecular formula is C17H17F3N2O3. The van der Waals surface area contributed by atoms with E-state index in [9.17, 15) is 18.0 Å². The number of anilines is 1. The summed E-state index contributed by atoms with van der Waals surface area (Å²) in [5.74, 6) is -0.753. The summed E-state index contributed by atoms with van der Waals surface area (Å²) in [6.45, 7) is 1.72.